The first kappa shape index (κ1) is 16.1. The Morgan fingerprint density at radius 2 is 1.79 bits per heavy atom. The molecule has 0 saturated heterocycles. The summed E-state index contributed by atoms with van der Waals surface area (Å²) in [5.74, 6) is 1.57. The van der Waals surface area contributed by atoms with Crippen LogP contribution >= 0.6 is 10.7 Å². The molecule has 0 atom stereocenters. The molecule has 0 radical (unpaired) electrons. The SMILES string of the molecule is CCOc1cccc(OCCCCCS(=O)(=O)Cl)c1. The van der Waals surface area contributed by atoms with E-state index in [2.05, 4.69) is 0 Å². The van der Waals surface area contributed by atoms with Crippen LogP contribution in [-0.4, -0.2) is 27.4 Å². The Labute approximate surface area is 119 Å². The molecule has 0 N–H and O–H groups in total. The third-order valence-electron chi connectivity index (χ3n) is 2.42. The molecule has 19 heavy (non-hydrogen) atoms. The third kappa shape index (κ3) is 7.95. The molecule has 1 rings (SSSR count). The molecule has 1 aromatic carbocycles. The van der Waals surface area contributed by atoms with Gasteiger partial charge in [-0.15, -0.1) is 0 Å². The molecule has 1 aromatic rings. The van der Waals surface area contributed by atoms with Gasteiger partial charge in [0.25, 0.3) is 0 Å². The molecule has 4 nitrogen and oxygen atoms in total. The van der Waals surface area contributed by atoms with Gasteiger partial charge in [0, 0.05) is 16.7 Å². The van der Waals surface area contributed by atoms with Gasteiger partial charge in [0.15, 0.2) is 0 Å². The maximum Gasteiger partial charge on any atom is 0.232 e. The molecule has 0 saturated carbocycles. The van der Waals surface area contributed by atoms with Gasteiger partial charge in [-0.2, -0.15) is 0 Å². The van der Waals surface area contributed by atoms with Gasteiger partial charge in [-0.3, -0.25) is 0 Å². The minimum absolute atomic E-state index is 0.0222. The van der Waals surface area contributed by atoms with Gasteiger partial charge in [0.2, 0.25) is 9.05 Å². The minimum Gasteiger partial charge on any atom is -0.494 e. The lowest BCUT2D eigenvalue weighted by Gasteiger charge is -2.08. The lowest BCUT2D eigenvalue weighted by molar-refractivity contribution is 0.300. The normalized spacial score (nSPS) is 11.3. The lowest BCUT2D eigenvalue weighted by atomic mass is 10.2. The predicted octanol–water partition coefficient (Wildman–Crippen LogP) is 3.20. The molecule has 0 fully saturated rings. The third-order valence-corrected chi connectivity index (χ3v) is 3.66. The Bertz CT molecular complexity index is 473. The number of rotatable bonds is 9. The molecule has 0 aliphatic rings. The fourth-order valence-corrected chi connectivity index (χ4v) is 2.44. The number of unbranched alkanes of at least 4 members (excludes halogenated alkanes) is 2. The second-order valence-corrected chi connectivity index (χ2v) is 6.96. The minimum atomic E-state index is -3.36. The summed E-state index contributed by atoms with van der Waals surface area (Å²) in [4.78, 5) is 0. The fourth-order valence-electron chi connectivity index (χ4n) is 1.56. The first-order valence-corrected chi connectivity index (χ1v) is 8.77. The molecule has 108 valence electrons. The fraction of sp³-hybridized carbons (Fsp3) is 0.538. The second-order valence-electron chi connectivity index (χ2n) is 4.06. The van der Waals surface area contributed by atoms with E-state index in [1.807, 2.05) is 31.2 Å². The molecular formula is C13H19ClO4S. The van der Waals surface area contributed by atoms with Gasteiger partial charge < -0.3 is 9.47 Å². The molecule has 0 aromatic heterocycles. The zero-order valence-electron chi connectivity index (χ0n) is 11.0. The molecule has 0 heterocycles. The average molecular weight is 307 g/mol. The van der Waals surface area contributed by atoms with Crippen LogP contribution < -0.4 is 9.47 Å². The van der Waals surface area contributed by atoms with E-state index < -0.39 is 9.05 Å². The molecule has 0 unspecified atom stereocenters. The van der Waals surface area contributed by atoms with Crippen LogP contribution in [-0.2, 0) is 9.05 Å². The molecule has 0 aliphatic carbocycles. The number of halogens is 1. The summed E-state index contributed by atoms with van der Waals surface area (Å²) < 4.78 is 32.3. The van der Waals surface area contributed by atoms with E-state index in [-0.39, 0.29) is 5.75 Å². The van der Waals surface area contributed by atoms with Crippen LogP contribution in [0.3, 0.4) is 0 Å². The molecule has 0 amide bonds. The number of benzene rings is 1. The largest absolute Gasteiger partial charge is 0.494 e. The van der Waals surface area contributed by atoms with Crippen molar-refractivity contribution in [1.29, 1.82) is 0 Å². The van der Waals surface area contributed by atoms with Gasteiger partial charge >= 0.3 is 0 Å². The van der Waals surface area contributed by atoms with Crippen molar-refractivity contribution in [2.45, 2.75) is 26.2 Å². The Morgan fingerprint density at radius 1 is 1.11 bits per heavy atom. The van der Waals surface area contributed by atoms with Crippen LogP contribution in [0.1, 0.15) is 26.2 Å². The summed E-state index contributed by atoms with van der Waals surface area (Å²) in [5, 5.41) is 0. The van der Waals surface area contributed by atoms with E-state index in [0.29, 0.717) is 19.6 Å². The van der Waals surface area contributed by atoms with Crippen LogP contribution in [0.25, 0.3) is 0 Å². The van der Waals surface area contributed by atoms with E-state index in [4.69, 9.17) is 20.2 Å². The highest BCUT2D eigenvalue weighted by atomic mass is 35.7. The van der Waals surface area contributed by atoms with E-state index in [9.17, 15) is 8.42 Å². The van der Waals surface area contributed by atoms with Gasteiger partial charge in [-0.25, -0.2) is 8.42 Å². The monoisotopic (exact) mass is 306 g/mol. The quantitative estimate of drug-likeness (QED) is 0.519. The number of ether oxygens (including phenoxy) is 2. The first-order valence-electron chi connectivity index (χ1n) is 6.29. The van der Waals surface area contributed by atoms with Gasteiger partial charge in [-0.05, 0) is 38.3 Å². The van der Waals surface area contributed by atoms with Gasteiger partial charge in [0.05, 0.1) is 19.0 Å². The van der Waals surface area contributed by atoms with Crippen LogP contribution in [0.4, 0.5) is 0 Å². The molecule has 0 bridgehead atoms. The number of hydrogen-bond donors (Lipinski definition) is 0. The van der Waals surface area contributed by atoms with Crippen LogP contribution in [0, 0.1) is 0 Å². The summed E-state index contributed by atoms with van der Waals surface area (Å²) in [6.45, 7) is 3.10. The molecule has 0 aliphatic heterocycles. The van der Waals surface area contributed by atoms with Crippen molar-refractivity contribution in [2.75, 3.05) is 19.0 Å². The standard InChI is InChI=1S/C13H19ClO4S/c1-2-17-12-7-6-8-13(11-12)18-9-4-3-5-10-19(14,15)16/h6-8,11H,2-5,9-10H2,1H3. The Balaban J connectivity index is 2.20. The predicted molar refractivity (Wildman–Crippen MR) is 76.6 cm³/mol. The molecular weight excluding hydrogens is 288 g/mol. The second kappa shape index (κ2) is 8.27. The molecule has 6 heteroatoms. The maximum absolute atomic E-state index is 10.7. The van der Waals surface area contributed by atoms with E-state index in [0.717, 1.165) is 24.3 Å². The zero-order chi connectivity index (χ0) is 14.1. The van der Waals surface area contributed by atoms with Crippen molar-refractivity contribution < 1.29 is 17.9 Å². The van der Waals surface area contributed by atoms with E-state index >= 15 is 0 Å². The van der Waals surface area contributed by atoms with Crippen molar-refractivity contribution >= 4 is 19.7 Å². The van der Waals surface area contributed by atoms with E-state index in [1.54, 1.807) is 0 Å². The van der Waals surface area contributed by atoms with Crippen molar-refractivity contribution in [3.8, 4) is 11.5 Å². The highest BCUT2D eigenvalue weighted by Crippen LogP contribution is 2.19. The van der Waals surface area contributed by atoms with Crippen molar-refractivity contribution in [1.82, 2.24) is 0 Å². The summed E-state index contributed by atoms with van der Waals surface area (Å²) in [6.07, 6.45) is 2.14. The Morgan fingerprint density at radius 3 is 2.42 bits per heavy atom. The highest BCUT2D eigenvalue weighted by molar-refractivity contribution is 8.13. The van der Waals surface area contributed by atoms with Crippen molar-refractivity contribution in [2.24, 2.45) is 0 Å². The zero-order valence-corrected chi connectivity index (χ0v) is 12.5. The number of hydrogen-bond acceptors (Lipinski definition) is 4. The van der Waals surface area contributed by atoms with Crippen molar-refractivity contribution in [3.63, 3.8) is 0 Å². The van der Waals surface area contributed by atoms with Gasteiger partial charge in [0.1, 0.15) is 11.5 Å². The Kier molecular flexibility index (Phi) is 7.02. The summed E-state index contributed by atoms with van der Waals surface area (Å²) in [7, 11) is 1.76. The topological polar surface area (TPSA) is 52.6 Å². The smallest absolute Gasteiger partial charge is 0.232 e. The summed E-state index contributed by atoms with van der Waals surface area (Å²) >= 11 is 0. The lowest BCUT2D eigenvalue weighted by Crippen LogP contribution is -2.01. The van der Waals surface area contributed by atoms with E-state index in [1.165, 1.54) is 0 Å². The van der Waals surface area contributed by atoms with Crippen LogP contribution in [0.5, 0.6) is 11.5 Å². The first-order chi connectivity index (χ1) is 9.01. The van der Waals surface area contributed by atoms with Gasteiger partial charge in [-0.1, -0.05) is 6.07 Å². The van der Waals surface area contributed by atoms with Crippen molar-refractivity contribution in [3.05, 3.63) is 24.3 Å². The maximum atomic E-state index is 10.7. The van der Waals surface area contributed by atoms with Crippen LogP contribution in [0.15, 0.2) is 24.3 Å². The highest BCUT2D eigenvalue weighted by Gasteiger charge is 2.04. The van der Waals surface area contributed by atoms with Crippen LogP contribution in [0.2, 0.25) is 0 Å². The Hall–Kier alpha value is -0.940. The average Bonchev–Trinajstić information content (AvgIpc) is 2.33. The summed E-state index contributed by atoms with van der Waals surface area (Å²) in [5.41, 5.74) is 0. The summed E-state index contributed by atoms with van der Waals surface area (Å²) in [6, 6.07) is 7.46. The molecule has 0 spiro atoms.